The summed E-state index contributed by atoms with van der Waals surface area (Å²) in [6, 6.07) is 13.6. The molecule has 0 spiro atoms. The number of hydrogen-bond donors (Lipinski definition) is 0. The molecule has 0 fully saturated rings. The zero-order chi connectivity index (χ0) is 14.4. The fourth-order valence-corrected chi connectivity index (χ4v) is 4.88. The van der Waals surface area contributed by atoms with Crippen LogP contribution in [0.1, 0.15) is 18.1 Å². The summed E-state index contributed by atoms with van der Waals surface area (Å²) in [5.74, 6) is 0. The van der Waals surface area contributed by atoms with E-state index in [0.717, 1.165) is 6.42 Å². The van der Waals surface area contributed by atoms with Crippen LogP contribution in [0, 0.1) is 6.92 Å². The van der Waals surface area contributed by atoms with Crippen molar-refractivity contribution < 1.29 is 0 Å². The fourth-order valence-electron chi connectivity index (χ4n) is 3.07. The Morgan fingerprint density at radius 1 is 0.952 bits per heavy atom. The molecule has 0 aliphatic rings. The fraction of sp³-hybridized carbons (Fsp3) is 0.158. The average Bonchev–Trinajstić information content (AvgIpc) is 3.11. The molecule has 0 amide bonds. The highest BCUT2D eigenvalue weighted by Crippen LogP contribution is 2.39. The molecule has 0 saturated heterocycles. The highest BCUT2D eigenvalue weighted by molar-refractivity contribution is 7.18. The van der Waals surface area contributed by atoms with Crippen molar-refractivity contribution in [1.29, 1.82) is 0 Å². The molecule has 104 valence electrons. The Bertz CT molecular complexity index is 941. The Hall–Kier alpha value is -1.64. The third-order valence-electron chi connectivity index (χ3n) is 4.16. The Balaban J connectivity index is 2.06. The van der Waals surface area contributed by atoms with Gasteiger partial charge in [-0.15, -0.1) is 22.7 Å². The van der Waals surface area contributed by atoms with Gasteiger partial charge in [0.15, 0.2) is 0 Å². The summed E-state index contributed by atoms with van der Waals surface area (Å²) in [6.07, 6.45) is 1.08. The molecule has 0 bridgehead atoms. The van der Waals surface area contributed by atoms with Crippen LogP contribution in [0.15, 0.2) is 47.2 Å². The van der Waals surface area contributed by atoms with Gasteiger partial charge < -0.3 is 0 Å². The first-order valence-electron chi connectivity index (χ1n) is 7.25. The van der Waals surface area contributed by atoms with Gasteiger partial charge in [-0.1, -0.05) is 19.1 Å². The van der Waals surface area contributed by atoms with Crippen molar-refractivity contribution in [2.45, 2.75) is 20.3 Å². The van der Waals surface area contributed by atoms with Gasteiger partial charge in [-0.25, -0.2) is 0 Å². The van der Waals surface area contributed by atoms with Gasteiger partial charge in [0.25, 0.3) is 0 Å². The molecule has 21 heavy (non-hydrogen) atoms. The maximum atomic E-state index is 2.36. The van der Waals surface area contributed by atoms with Crippen LogP contribution >= 0.6 is 22.7 Å². The van der Waals surface area contributed by atoms with Crippen LogP contribution in [0.25, 0.3) is 31.3 Å². The van der Waals surface area contributed by atoms with Crippen molar-refractivity contribution in [3.63, 3.8) is 0 Å². The second-order valence-electron chi connectivity index (χ2n) is 5.42. The molecular formula is C19H16S2. The second kappa shape index (κ2) is 4.97. The number of benzene rings is 2. The first-order valence-corrected chi connectivity index (χ1v) is 9.01. The van der Waals surface area contributed by atoms with Crippen LogP contribution in [0.2, 0.25) is 0 Å². The average molecular weight is 308 g/mol. The van der Waals surface area contributed by atoms with Gasteiger partial charge in [0.2, 0.25) is 0 Å². The molecule has 0 unspecified atom stereocenters. The molecule has 2 heterocycles. The van der Waals surface area contributed by atoms with Crippen molar-refractivity contribution in [2.75, 3.05) is 0 Å². The zero-order valence-corrected chi connectivity index (χ0v) is 13.8. The molecule has 0 aliphatic carbocycles. The summed E-state index contributed by atoms with van der Waals surface area (Å²) in [6.45, 7) is 4.47. The van der Waals surface area contributed by atoms with E-state index in [1.165, 1.54) is 42.4 Å². The van der Waals surface area contributed by atoms with Gasteiger partial charge in [0, 0.05) is 20.3 Å². The van der Waals surface area contributed by atoms with Gasteiger partial charge in [0.1, 0.15) is 0 Å². The third-order valence-corrected chi connectivity index (χ3v) is 5.98. The van der Waals surface area contributed by atoms with Crippen molar-refractivity contribution in [3.05, 3.63) is 58.3 Å². The number of thiophene rings is 2. The molecule has 0 atom stereocenters. The summed E-state index contributed by atoms with van der Waals surface area (Å²) in [5.41, 5.74) is 5.61. The lowest BCUT2D eigenvalue weighted by molar-refractivity contribution is 1.16. The van der Waals surface area contributed by atoms with Crippen molar-refractivity contribution in [2.24, 2.45) is 0 Å². The minimum atomic E-state index is 1.08. The Morgan fingerprint density at radius 2 is 1.86 bits per heavy atom. The maximum Gasteiger partial charge on any atom is 0.0351 e. The SMILES string of the molecule is CCc1cccc2scc(-c3cc4sccc4cc3C)c12. The quantitative estimate of drug-likeness (QED) is 0.388. The van der Waals surface area contributed by atoms with Crippen molar-refractivity contribution in [3.8, 4) is 11.1 Å². The molecular weight excluding hydrogens is 292 g/mol. The van der Waals surface area contributed by atoms with E-state index in [-0.39, 0.29) is 0 Å². The van der Waals surface area contributed by atoms with E-state index < -0.39 is 0 Å². The molecule has 4 aromatic rings. The highest BCUT2D eigenvalue weighted by Gasteiger charge is 2.12. The molecule has 0 saturated carbocycles. The number of aryl methyl sites for hydroxylation is 2. The Morgan fingerprint density at radius 3 is 2.71 bits per heavy atom. The van der Waals surface area contributed by atoms with Gasteiger partial charge in [-0.2, -0.15) is 0 Å². The monoisotopic (exact) mass is 308 g/mol. The predicted octanol–water partition coefficient (Wildman–Crippen LogP) is 6.65. The number of fused-ring (bicyclic) bond motifs is 2. The van der Waals surface area contributed by atoms with Gasteiger partial charge in [0.05, 0.1) is 0 Å². The number of rotatable bonds is 2. The van der Waals surface area contributed by atoms with Crippen molar-refractivity contribution in [1.82, 2.24) is 0 Å². The summed E-state index contributed by atoms with van der Waals surface area (Å²) in [4.78, 5) is 0. The molecule has 0 N–H and O–H groups in total. The summed E-state index contributed by atoms with van der Waals surface area (Å²) < 4.78 is 2.78. The smallest absolute Gasteiger partial charge is 0.0351 e. The van der Waals surface area contributed by atoms with Crippen molar-refractivity contribution >= 4 is 42.8 Å². The van der Waals surface area contributed by atoms with Gasteiger partial charge in [-0.3, -0.25) is 0 Å². The van der Waals surface area contributed by atoms with E-state index in [1.807, 2.05) is 22.7 Å². The summed E-state index contributed by atoms with van der Waals surface area (Å²) in [7, 11) is 0. The molecule has 0 nitrogen and oxygen atoms in total. The highest BCUT2D eigenvalue weighted by atomic mass is 32.1. The minimum absolute atomic E-state index is 1.08. The Labute approximate surface area is 132 Å². The topological polar surface area (TPSA) is 0 Å². The first kappa shape index (κ1) is 13.1. The van der Waals surface area contributed by atoms with E-state index in [1.54, 1.807) is 0 Å². The summed E-state index contributed by atoms with van der Waals surface area (Å²) >= 11 is 3.68. The Kier molecular flexibility index (Phi) is 3.09. The lowest BCUT2D eigenvalue weighted by Crippen LogP contribution is -1.86. The zero-order valence-electron chi connectivity index (χ0n) is 12.1. The molecule has 2 heteroatoms. The largest absolute Gasteiger partial charge is 0.144 e. The van der Waals surface area contributed by atoms with E-state index in [9.17, 15) is 0 Å². The molecule has 0 aliphatic heterocycles. The van der Waals surface area contributed by atoms with E-state index in [0.29, 0.717) is 0 Å². The van der Waals surface area contributed by atoms with Crippen LogP contribution in [0.3, 0.4) is 0 Å². The van der Waals surface area contributed by atoms with E-state index >= 15 is 0 Å². The lowest BCUT2D eigenvalue weighted by Gasteiger charge is -2.08. The van der Waals surface area contributed by atoms with Crippen LogP contribution in [-0.2, 0) is 6.42 Å². The van der Waals surface area contributed by atoms with Gasteiger partial charge >= 0.3 is 0 Å². The lowest BCUT2D eigenvalue weighted by atomic mass is 9.96. The predicted molar refractivity (Wildman–Crippen MR) is 96.8 cm³/mol. The van der Waals surface area contributed by atoms with E-state index in [4.69, 9.17) is 0 Å². The molecule has 2 aromatic carbocycles. The molecule has 0 radical (unpaired) electrons. The minimum Gasteiger partial charge on any atom is -0.144 e. The molecule has 4 rings (SSSR count). The van der Waals surface area contributed by atoms with Gasteiger partial charge in [-0.05, 0) is 70.4 Å². The number of hydrogen-bond acceptors (Lipinski definition) is 2. The van der Waals surface area contributed by atoms with Crippen LogP contribution < -0.4 is 0 Å². The first-order chi connectivity index (χ1) is 10.3. The van der Waals surface area contributed by atoms with Crippen LogP contribution in [-0.4, -0.2) is 0 Å². The standard InChI is InChI=1S/C19H16S2/c1-3-13-5-4-6-17-19(13)16(11-21-17)15-10-18-14(7-8-20-18)9-12(15)2/h4-11H,3H2,1-2H3. The van der Waals surface area contributed by atoms with E-state index in [2.05, 4.69) is 61.0 Å². The maximum absolute atomic E-state index is 2.36. The van der Waals surface area contributed by atoms with Crippen LogP contribution in [0.5, 0.6) is 0 Å². The molecule has 2 aromatic heterocycles. The summed E-state index contributed by atoms with van der Waals surface area (Å²) in [5, 5.41) is 7.31. The second-order valence-corrected chi connectivity index (χ2v) is 7.28. The normalized spacial score (nSPS) is 11.5. The third kappa shape index (κ3) is 2.02. The van der Waals surface area contributed by atoms with Crippen LogP contribution in [0.4, 0.5) is 0 Å².